The van der Waals surface area contributed by atoms with Crippen molar-refractivity contribution < 1.29 is 72.4 Å². The zero-order valence-electron chi connectivity index (χ0n) is 35.9. The Kier molecular flexibility index (Phi) is 11.5. The number of carbonyl (C=O) groups excluding carboxylic acids is 4. The summed E-state index contributed by atoms with van der Waals surface area (Å²) in [6, 6.07) is 3.32. The van der Waals surface area contributed by atoms with Crippen LogP contribution in [0.2, 0.25) is 0 Å². The number of nitrogens with one attached hydrogen (secondary N) is 1. The molecule has 0 aromatic heterocycles. The molecule has 1 amide bonds. The summed E-state index contributed by atoms with van der Waals surface area (Å²) in [6.45, 7) is 16.5. The maximum Gasteiger partial charge on any atom is 0.408 e. The highest BCUT2D eigenvalue weighted by atomic mass is 16.6. The number of methoxy groups -OCH3 is 2. The smallest absolute Gasteiger partial charge is 0.408 e. The number of alkyl carbamates (subject to hydrolysis) is 1. The lowest BCUT2D eigenvalue weighted by Gasteiger charge is -2.74. The number of fused-ring (bicyclic) bond motifs is 4. The molecule has 2 heterocycles. The minimum atomic E-state index is -2.18. The summed E-state index contributed by atoms with van der Waals surface area (Å²) in [5, 5.41) is 40.1. The van der Waals surface area contributed by atoms with Crippen molar-refractivity contribution in [3.63, 3.8) is 0 Å². The zero-order valence-corrected chi connectivity index (χ0v) is 35.9. The average molecular weight is 830 g/mol. The Balaban J connectivity index is 1.49. The molecular formula is C43H59NO15. The fraction of sp³-hybridized carbons (Fsp3) is 0.674. The Morgan fingerprint density at radius 2 is 1.69 bits per heavy atom. The Bertz CT molecular complexity index is 1930. The van der Waals surface area contributed by atoms with Crippen molar-refractivity contribution in [2.75, 3.05) is 20.8 Å². The molecule has 0 unspecified atom stereocenters. The number of aliphatic hydroxyl groups excluding tert-OH is 2. The zero-order chi connectivity index (χ0) is 43.8. The molecule has 6 rings (SSSR count). The first-order valence-electron chi connectivity index (χ1n) is 19.9. The van der Waals surface area contributed by atoms with E-state index in [0.29, 0.717) is 23.3 Å². The number of carbonyl (C=O) groups is 4. The van der Waals surface area contributed by atoms with Crippen LogP contribution < -0.4 is 14.8 Å². The molecule has 2 aliphatic heterocycles. The van der Waals surface area contributed by atoms with Gasteiger partial charge in [0.2, 0.25) is 0 Å². The molecule has 1 aromatic rings. The van der Waals surface area contributed by atoms with Crippen LogP contribution in [-0.2, 0) is 38.0 Å². The number of allylic oxidation sites excluding steroid dienone is 1. The number of hydrogen-bond acceptors (Lipinski definition) is 15. The third-order valence-electron chi connectivity index (χ3n) is 13.0. The van der Waals surface area contributed by atoms with Crippen LogP contribution in [0.15, 0.2) is 41.0 Å². The average Bonchev–Trinajstić information content (AvgIpc) is 3.12. The van der Waals surface area contributed by atoms with E-state index in [0.717, 1.165) is 0 Å². The van der Waals surface area contributed by atoms with E-state index in [1.165, 1.54) is 39.4 Å². The first kappa shape index (κ1) is 44.3. The van der Waals surface area contributed by atoms with Crippen LogP contribution in [0.3, 0.4) is 0 Å². The lowest BCUT2D eigenvalue weighted by atomic mass is 9.42. The Morgan fingerprint density at radius 1 is 1.02 bits per heavy atom. The topological polar surface area (TPSA) is 215 Å². The van der Waals surface area contributed by atoms with Crippen LogP contribution in [-0.4, -0.2) is 126 Å². The van der Waals surface area contributed by atoms with Crippen molar-refractivity contribution in [1.82, 2.24) is 5.32 Å². The molecule has 0 spiro atoms. The van der Waals surface area contributed by atoms with E-state index < -0.39 is 113 Å². The molecule has 2 saturated heterocycles. The summed E-state index contributed by atoms with van der Waals surface area (Å²) in [7, 11) is 2.83. The molecule has 12 atom stereocenters. The van der Waals surface area contributed by atoms with Crippen LogP contribution in [0.25, 0.3) is 0 Å². The highest BCUT2D eigenvalue weighted by Crippen LogP contribution is 2.69. The summed E-state index contributed by atoms with van der Waals surface area (Å²) in [5.41, 5.74) is -5.68. The van der Waals surface area contributed by atoms with Gasteiger partial charge in [0, 0.05) is 30.6 Å². The van der Waals surface area contributed by atoms with Gasteiger partial charge >= 0.3 is 24.0 Å². The van der Waals surface area contributed by atoms with Crippen molar-refractivity contribution >= 4 is 24.0 Å². The Morgan fingerprint density at radius 3 is 2.25 bits per heavy atom. The number of aliphatic hydroxyl groups is 3. The number of esters is 3. The van der Waals surface area contributed by atoms with Crippen LogP contribution in [0, 0.1) is 16.7 Å². The summed E-state index contributed by atoms with van der Waals surface area (Å²) in [5.74, 6) is -3.24. The number of benzene rings is 1. The maximum atomic E-state index is 14.6. The second-order valence-electron chi connectivity index (χ2n) is 18.4. The molecule has 326 valence electrons. The normalized spacial score (nSPS) is 34.9. The lowest BCUT2D eigenvalue weighted by molar-refractivity contribution is -0.416. The van der Waals surface area contributed by atoms with Crippen molar-refractivity contribution in [3.8, 4) is 11.5 Å². The first-order chi connectivity index (χ1) is 27.4. The van der Waals surface area contributed by atoms with Crippen molar-refractivity contribution in [3.05, 3.63) is 46.6 Å². The van der Waals surface area contributed by atoms with Gasteiger partial charge in [0.25, 0.3) is 0 Å². The van der Waals surface area contributed by atoms with Gasteiger partial charge in [-0.25, -0.2) is 14.4 Å². The molecule has 5 aliphatic rings. The number of rotatable bonds is 10. The maximum absolute atomic E-state index is 14.6. The van der Waals surface area contributed by atoms with Crippen LogP contribution in [0.4, 0.5) is 4.79 Å². The molecule has 16 heteroatoms. The molecular weight excluding hydrogens is 770 g/mol. The molecule has 59 heavy (non-hydrogen) atoms. The SMILES string of the molecule is COc1ccc(OC)c(C(=O)O[C@H]2[C@@H]3[C@]4(OC(C)=O)CO[C@@H]4C[C@H]4O[C@@H]([C@H](O)C5=C(C)[C@@H](OC(=O)[C@H](O)[C@H](C=C(C)C)NC(=O)OC(C)(C)C)C[C@]2(O)C5(C)C)[C@@]34C)c1. The fourth-order valence-electron chi connectivity index (χ4n) is 10.2. The van der Waals surface area contributed by atoms with Crippen LogP contribution >= 0.6 is 0 Å². The van der Waals surface area contributed by atoms with Gasteiger partial charge < -0.3 is 58.5 Å². The molecule has 1 aromatic carbocycles. The minimum Gasteiger partial charge on any atom is -0.497 e. The second kappa shape index (κ2) is 15.4. The molecule has 16 nitrogen and oxygen atoms in total. The summed E-state index contributed by atoms with van der Waals surface area (Å²) in [4.78, 5) is 54.4. The summed E-state index contributed by atoms with van der Waals surface area (Å²) in [6.07, 6.45) is -7.92. The van der Waals surface area contributed by atoms with Gasteiger partial charge in [-0.2, -0.15) is 0 Å². The molecule has 4 N–H and O–H groups in total. The highest BCUT2D eigenvalue weighted by Gasteiger charge is 2.81. The lowest BCUT2D eigenvalue weighted by Crippen LogP contribution is -2.86. The summed E-state index contributed by atoms with van der Waals surface area (Å²) >= 11 is 0. The monoisotopic (exact) mass is 829 g/mol. The van der Waals surface area contributed by atoms with Gasteiger partial charge in [0.1, 0.15) is 52.7 Å². The number of ether oxygens (including phenoxy) is 8. The third-order valence-corrected chi connectivity index (χ3v) is 13.0. The first-order valence-corrected chi connectivity index (χ1v) is 19.9. The molecule has 2 bridgehead atoms. The minimum absolute atomic E-state index is 0.0196. The van der Waals surface area contributed by atoms with E-state index in [-0.39, 0.29) is 23.5 Å². The van der Waals surface area contributed by atoms with Gasteiger partial charge in [0.05, 0.1) is 45.0 Å². The van der Waals surface area contributed by atoms with Crippen molar-refractivity contribution in [2.45, 2.75) is 148 Å². The van der Waals surface area contributed by atoms with Crippen LogP contribution in [0.5, 0.6) is 11.5 Å². The third kappa shape index (κ3) is 7.28. The Labute approximate surface area is 344 Å². The highest BCUT2D eigenvalue weighted by molar-refractivity contribution is 5.93. The largest absolute Gasteiger partial charge is 0.497 e. The van der Waals surface area contributed by atoms with Crippen molar-refractivity contribution in [2.24, 2.45) is 16.7 Å². The standard InChI is InChI=1S/C43H59NO15/c1-20(2)15-25(44-38(50)59-39(5,6)7)31(46)37(49)55-27-18-43(51)35(57-36(48)24-16-23(52-11)13-14-26(24)53-12)33-41(10)28(17-29-42(33,19-54-29)58-22(4)45)56-34(41)32(47)30(21(27)3)40(43,8)9/h13-16,25,27-29,31-35,46-47,51H,17-19H2,1-12H3,(H,44,50)/t25-,27-,28+,29+,31+,32+,33-,34-,35-,41+,42-,43+/m0/s1. The summed E-state index contributed by atoms with van der Waals surface area (Å²) < 4.78 is 47.6. The van der Waals surface area contributed by atoms with Gasteiger partial charge in [0.15, 0.2) is 11.7 Å². The molecule has 0 radical (unpaired) electrons. The number of amides is 1. The second-order valence-corrected chi connectivity index (χ2v) is 18.4. The molecule has 2 saturated carbocycles. The fourth-order valence-corrected chi connectivity index (χ4v) is 10.2. The van der Waals surface area contributed by atoms with Gasteiger partial charge in [-0.05, 0) is 70.9 Å². The molecule has 4 fully saturated rings. The predicted octanol–water partition coefficient (Wildman–Crippen LogP) is 3.71. The van der Waals surface area contributed by atoms with E-state index in [2.05, 4.69) is 5.32 Å². The van der Waals surface area contributed by atoms with Crippen LogP contribution in [0.1, 0.15) is 92.4 Å². The predicted molar refractivity (Wildman–Crippen MR) is 208 cm³/mol. The van der Waals surface area contributed by atoms with Gasteiger partial charge in [-0.15, -0.1) is 0 Å². The van der Waals surface area contributed by atoms with Gasteiger partial charge in [-0.3, -0.25) is 4.79 Å². The quantitative estimate of drug-likeness (QED) is 0.150. The van der Waals surface area contributed by atoms with E-state index in [9.17, 15) is 34.5 Å². The van der Waals surface area contributed by atoms with Crippen molar-refractivity contribution in [1.29, 1.82) is 0 Å². The Hall–Kier alpha value is -4.22. The van der Waals surface area contributed by atoms with Gasteiger partial charge in [-0.1, -0.05) is 32.4 Å². The number of hydrogen-bond donors (Lipinski definition) is 4. The van der Waals surface area contributed by atoms with E-state index >= 15 is 0 Å². The van der Waals surface area contributed by atoms with E-state index in [1.807, 2.05) is 6.92 Å². The van der Waals surface area contributed by atoms with E-state index in [1.54, 1.807) is 61.5 Å². The molecule has 3 aliphatic carbocycles. The van der Waals surface area contributed by atoms with E-state index in [4.69, 9.17) is 37.9 Å².